The molecule has 9 heteroatoms. The van der Waals surface area contributed by atoms with Gasteiger partial charge in [0, 0.05) is 26.2 Å². The summed E-state index contributed by atoms with van der Waals surface area (Å²) in [5.41, 5.74) is 1.73. The van der Waals surface area contributed by atoms with E-state index in [1.165, 1.54) is 16.8 Å². The van der Waals surface area contributed by atoms with E-state index in [-0.39, 0.29) is 34.4 Å². The SMILES string of the molecule is C[C@H](C(=O)N[C@H](C)c1ccc(F)cc1)N1CCN(c2cnn(-c3ccccc3)c(=O)c2Cl)CC1. The fraction of sp³-hybridized carbons (Fsp3) is 0.320. The molecule has 0 aliphatic carbocycles. The Morgan fingerprint density at radius 2 is 1.68 bits per heavy atom. The van der Waals surface area contributed by atoms with Crippen molar-refractivity contribution in [1.29, 1.82) is 0 Å². The lowest BCUT2D eigenvalue weighted by Crippen LogP contribution is -2.54. The van der Waals surface area contributed by atoms with Crippen molar-refractivity contribution in [2.75, 3.05) is 31.1 Å². The number of benzene rings is 2. The number of nitrogens with one attached hydrogen (secondary N) is 1. The van der Waals surface area contributed by atoms with Gasteiger partial charge in [-0.25, -0.2) is 4.39 Å². The topological polar surface area (TPSA) is 70.5 Å². The first-order chi connectivity index (χ1) is 16.3. The summed E-state index contributed by atoms with van der Waals surface area (Å²) in [7, 11) is 0. The summed E-state index contributed by atoms with van der Waals surface area (Å²) < 4.78 is 14.4. The van der Waals surface area contributed by atoms with Crippen LogP contribution in [0, 0.1) is 5.82 Å². The third-order valence-electron chi connectivity index (χ3n) is 6.21. The molecule has 178 valence electrons. The second-order valence-corrected chi connectivity index (χ2v) is 8.76. The Balaban J connectivity index is 1.37. The second kappa shape index (κ2) is 10.4. The third-order valence-corrected chi connectivity index (χ3v) is 6.57. The summed E-state index contributed by atoms with van der Waals surface area (Å²) in [6.07, 6.45) is 1.62. The van der Waals surface area contributed by atoms with E-state index >= 15 is 0 Å². The zero-order chi connectivity index (χ0) is 24.2. The number of aromatic nitrogens is 2. The number of piperazine rings is 1. The Morgan fingerprint density at radius 1 is 1.03 bits per heavy atom. The Bertz CT molecular complexity index is 1190. The first-order valence-corrected chi connectivity index (χ1v) is 11.6. The van der Waals surface area contributed by atoms with Crippen molar-refractivity contribution in [3.05, 3.63) is 87.6 Å². The van der Waals surface area contributed by atoms with Gasteiger partial charge in [-0.05, 0) is 43.7 Å². The van der Waals surface area contributed by atoms with Crippen LogP contribution in [0.25, 0.3) is 5.69 Å². The second-order valence-electron chi connectivity index (χ2n) is 8.38. The van der Waals surface area contributed by atoms with Gasteiger partial charge >= 0.3 is 0 Å². The lowest BCUT2D eigenvalue weighted by Gasteiger charge is -2.38. The van der Waals surface area contributed by atoms with Crippen molar-refractivity contribution in [3.8, 4) is 5.69 Å². The first kappa shape index (κ1) is 23.9. The molecule has 3 aromatic rings. The van der Waals surface area contributed by atoms with Crippen molar-refractivity contribution in [1.82, 2.24) is 20.0 Å². The van der Waals surface area contributed by atoms with Crippen molar-refractivity contribution in [3.63, 3.8) is 0 Å². The molecule has 1 aliphatic rings. The highest BCUT2D eigenvalue weighted by atomic mass is 35.5. The molecule has 34 heavy (non-hydrogen) atoms. The maximum Gasteiger partial charge on any atom is 0.292 e. The molecule has 0 saturated carbocycles. The number of carbonyl (C=O) groups excluding carboxylic acids is 1. The number of rotatable bonds is 6. The third kappa shape index (κ3) is 5.13. The quantitative estimate of drug-likeness (QED) is 0.582. The predicted molar refractivity (Wildman–Crippen MR) is 131 cm³/mol. The minimum Gasteiger partial charge on any atom is -0.366 e. The minimum absolute atomic E-state index is 0.0876. The zero-order valence-electron chi connectivity index (χ0n) is 19.1. The van der Waals surface area contributed by atoms with E-state index in [1.807, 2.05) is 36.9 Å². The average Bonchev–Trinajstić information content (AvgIpc) is 2.86. The highest BCUT2D eigenvalue weighted by molar-refractivity contribution is 6.33. The van der Waals surface area contributed by atoms with E-state index in [4.69, 9.17) is 11.6 Å². The molecule has 0 bridgehead atoms. The number of anilines is 1. The molecule has 1 saturated heterocycles. The summed E-state index contributed by atoms with van der Waals surface area (Å²) in [5, 5.41) is 7.44. The number of hydrogen-bond donors (Lipinski definition) is 1. The number of halogens is 2. The maximum atomic E-state index is 13.2. The number of para-hydroxylation sites is 1. The zero-order valence-corrected chi connectivity index (χ0v) is 19.9. The molecular weight excluding hydrogens is 457 g/mol. The largest absolute Gasteiger partial charge is 0.366 e. The van der Waals surface area contributed by atoms with Gasteiger partial charge in [-0.15, -0.1) is 0 Å². The lowest BCUT2D eigenvalue weighted by atomic mass is 10.1. The summed E-state index contributed by atoms with van der Waals surface area (Å²) in [4.78, 5) is 29.7. The van der Waals surface area contributed by atoms with Crippen LogP contribution in [0.1, 0.15) is 25.5 Å². The van der Waals surface area contributed by atoms with E-state index in [0.29, 0.717) is 37.6 Å². The van der Waals surface area contributed by atoms with Crippen LogP contribution in [-0.2, 0) is 4.79 Å². The van der Waals surface area contributed by atoms with Crippen LogP contribution in [0.4, 0.5) is 10.1 Å². The van der Waals surface area contributed by atoms with Gasteiger partial charge in [0.25, 0.3) is 5.56 Å². The molecule has 2 atom stereocenters. The fourth-order valence-electron chi connectivity index (χ4n) is 4.08. The molecule has 1 aromatic heterocycles. The molecule has 1 N–H and O–H groups in total. The van der Waals surface area contributed by atoms with Gasteiger partial charge in [-0.3, -0.25) is 14.5 Å². The van der Waals surface area contributed by atoms with Crippen molar-refractivity contribution >= 4 is 23.2 Å². The standard InChI is InChI=1S/C25H27ClFN5O2/c1-17(19-8-10-20(27)11-9-19)29-24(33)18(2)30-12-14-31(15-13-30)22-16-28-32(25(34)23(22)26)21-6-4-3-5-7-21/h3-11,16-18H,12-15H2,1-2H3,(H,29,33)/t17-,18-/m1/s1. The van der Waals surface area contributed by atoms with Crippen LogP contribution >= 0.6 is 11.6 Å². The van der Waals surface area contributed by atoms with E-state index in [0.717, 1.165) is 5.56 Å². The molecule has 4 rings (SSSR count). The van der Waals surface area contributed by atoms with Crippen LogP contribution in [0.5, 0.6) is 0 Å². The van der Waals surface area contributed by atoms with E-state index in [2.05, 4.69) is 15.3 Å². The molecule has 7 nitrogen and oxygen atoms in total. The fourth-order valence-corrected chi connectivity index (χ4v) is 4.33. The van der Waals surface area contributed by atoms with E-state index in [9.17, 15) is 14.0 Å². The van der Waals surface area contributed by atoms with Gasteiger partial charge < -0.3 is 10.2 Å². The van der Waals surface area contributed by atoms with Gasteiger partial charge in [-0.2, -0.15) is 9.78 Å². The van der Waals surface area contributed by atoms with Gasteiger partial charge in [-0.1, -0.05) is 41.9 Å². The van der Waals surface area contributed by atoms with Crippen LogP contribution in [-0.4, -0.2) is 52.8 Å². The van der Waals surface area contributed by atoms with Gasteiger partial charge in [0.15, 0.2) is 0 Å². The van der Waals surface area contributed by atoms with Crippen LogP contribution < -0.4 is 15.8 Å². The summed E-state index contributed by atoms with van der Waals surface area (Å²) in [6, 6.07) is 14.7. The van der Waals surface area contributed by atoms with Gasteiger partial charge in [0.1, 0.15) is 10.8 Å². The highest BCUT2D eigenvalue weighted by Crippen LogP contribution is 2.23. The van der Waals surface area contributed by atoms with Crippen molar-refractivity contribution < 1.29 is 9.18 Å². The summed E-state index contributed by atoms with van der Waals surface area (Å²) >= 11 is 6.44. The number of carbonyl (C=O) groups is 1. The van der Waals surface area contributed by atoms with Gasteiger partial charge in [0.2, 0.25) is 5.91 Å². The monoisotopic (exact) mass is 483 g/mol. The van der Waals surface area contributed by atoms with E-state index in [1.54, 1.807) is 30.5 Å². The molecule has 1 amide bonds. The average molecular weight is 484 g/mol. The normalized spacial score (nSPS) is 16.2. The molecule has 2 aromatic carbocycles. The summed E-state index contributed by atoms with van der Waals surface area (Å²) in [5.74, 6) is -0.392. The molecule has 2 heterocycles. The molecule has 1 aliphatic heterocycles. The number of hydrogen-bond acceptors (Lipinski definition) is 5. The number of amides is 1. The van der Waals surface area contributed by atoms with E-state index < -0.39 is 0 Å². The Hall–Kier alpha value is -3.23. The molecule has 0 spiro atoms. The summed E-state index contributed by atoms with van der Waals surface area (Å²) in [6.45, 7) is 6.25. The molecule has 1 fully saturated rings. The molecular formula is C25H27ClFN5O2. The smallest absolute Gasteiger partial charge is 0.292 e. The van der Waals surface area contributed by atoms with Crippen LogP contribution in [0.2, 0.25) is 5.02 Å². The van der Waals surface area contributed by atoms with Crippen LogP contribution in [0.3, 0.4) is 0 Å². The molecule has 0 unspecified atom stereocenters. The Labute approximate surface area is 202 Å². The Morgan fingerprint density at radius 3 is 2.32 bits per heavy atom. The maximum absolute atomic E-state index is 13.2. The van der Waals surface area contributed by atoms with Crippen molar-refractivity contribution in [2.45, 2.75) is 25.9 Å². The number of nitrogens with zero attached hydrogens (tertiary/aromatic N) is 4. The molecule has 0 radical (unpaired) electrons. The van der Waals surface area contributed by atoms with Gasteiger partial charge in [0.05, 0.1) is 29.7 Å². The van der Waals surface area contributed by atoms with Crippen LogP contribution in [0.15, 0.2) is 65.6 Å². The Kier molecular flexibility index (Phi) is 7.29. The van der Waals surface area contributed by atoms with Crippen molar-refractivity contribution in [2.24, 2.45) is 0 Å². The predicted octanol–water partition coefficient (Wildman–Crippen LogP) is 3.41. The first-order valence-electron chi connectivity index (χ1n) is 11.2. The minimum atomic E-state index is -0.365. The highest BCUT2D eigenvalue weighted by Gasteiger charge is 2.28. The lowest BCUT2D eigenvalue weighted by molar-refractivity contribution is -0.126.